The van der Waals surface area contributed by atoms with Crippen molar-refractivity contribution in [3.05, 3.63) is 12.0 Å². The number of aromatic amines is 1. The van der Waals surface area contributed by atoms with Gasteiger partial charge >= 0.3 is 5.97 Å². The van der Waals surface area contributed by atoms with E-state index < -0.39 is 22.0 Å². The summed E-state index contributed by atoms with van der Waals surface area (Å²) < 4.78 is 26.2. The molecule has 1 aromatic heterocycles. The van der Waals surface area contributed by atoms with Gasteiger partial charge in [-0.25, -0.2) is 13.4 Å². The highest BCUT2D eigenvalue weighted by atomic mass is 32.2. The van der Waals surface area contributed by atoms with Gasteiger partial charge in [0.15, 0.2) is 5.03 Å². The van der Waals surface area contributed by atoms with E-state index in [0.717, 1.165) is 6.42 Å². The summed E-state index contributed by atoms with van der Waals surface area (Å²) in [5.74, 6) is -0.631. The zero-order valence-corrected chi connectivity index (χ0v) is 11.8. The molecule has 8 heteroatoms. The van der Waals surface area contributed by atoms with Crippen LogP contribution in [0.4, 0.5) is 0 Å². The number of hydrogen-bond donors (Lipinski definition) is 3. The topological polar surface area (TPSA) is 112 Å². The van der Waals surface area contributed by atoms with Crippen LogP contribution in [0.1, 0.15) is 38.9 Å². The fourth-order valence-corrected chi connectivity index (χ4v) is 2.72. The fraction of sp³-hybridized carbons (Fsp3) is 0.636. The Morgan fingerprint density at radius 2 is 2.21 bits per heavy atom. The predicted molar refractivity (Wildman–Crippen MR) is 69.2 cm³/mol. The lowest BCUT2D eigenvalue weighted by molar-refractivity contribution is -0.139. The quantitative estimate of drug-likeness (QED) is 0.658. The summed E-state index contributed by atoms with van der Waals surface area (Å²) in [4.78, 5) is 17.6. The minimum absolute atomic E-state index is 0.105. The number of rotatable bonds is 8. The molecule has 0 saturated carbocycles. The average Bonchev–Trinajstić information content (AvgIpc) is 2.83. The van der Waals surface area contributed by atoms with Crippen LogP contribution in [0, 0.1) is 0 Å². The smallest absolute Gasteiger partial charge is 0.321 e. The number of hydrogen-bond acceptors (Lipinski definition) is 4. The van der Waals surface area contributed by atoms with Crippen LogP contribution in [-0.2, 0) is 21.2 Å². The minimum atomic E-state index is -3.87. The Morgan fingerprint density at radius 3 is 2.68 bits per heavy atom. The Balaban J connectivity index is 2.84. The Hall–Kier alpha value is -1.41. The van der Waals surface area contributed by atoms with Gasteiger partial charge in [-0.2, -0.15) is 4.72 Å². The van der Waals surface area contributed by atoms with Crippen LogP contribution < -0.4 is 4.72 Å². The Morgan fingerprint density at radius 1 is 1.53 bits per heavy atom. The molecule has 0 radical (unpaired) electrons. The molecule has 7 nitrogen and oxygen atoms in total. The average molecular weight is 289 g/mol. The van der Waals surface area contributed by atoms with E-state index in [4.69, 9.17) is 5.11 Å². The first-order valence-electron chi connectivity index (χ1n) is 6.19. The van der Waals surface area contributed by atoms with Crippen molar-refractivity contribution in [3.63, 3.8) is 0 Å². The van der Waals surface area contributed by atoms with Gasteiger partial charge in [0.1, 0.15) is 11.9 Å². The zero-order valence-electron chi connectivity index (χ0n) is 11.0. The molecule has 0 aliphatic heterocycles. The number of aryl methyl sites for hydroxylation is 1. The van der Waals surface area contributed by atoms with Crippen molar-refractivity contribution in [1.29, 1.82) is 0 Å². The van der Waals surface area contributed by atoms with Crippen LogP contribution in [0.2, 0.25) is 0 Å². The van der Waals surface area contributed by atoms with Crippen molar-refractivity contribution in [2.75, 3.05) is 0 Å². The zero-order chi connectivity index (χ0) is 14.5. The number of nitrogens with zero attached hydrogens (tertiary/aromatic N) is 1. The van der Waals surface area contributed by atoms with Crippen molar-refractivity contribution < 1.29 is 18.3 Å². The number of nitrogens with one attached hydrogen (secondary N) is 2. The van der Waals surface area contributed by atoms with Crippen LogP contribution in [0.15, 0.2) is 11.2 Å². The summed E-state index contributed by atoms with van der Waals surface area (Å²) in [5.41, 5.74) is 0. The third-order valence-electron chi connectivity index (χ3n) is 2.67. The molecule has 0 aliphatic rings. The first-order valence-corrected chi connectivity index (χ1v) is 7.68. The SMILES string of the molecule is CCCCC(NS(=O)(=O)c1cnc(CC)[nH]1)C(=O)O. The van der Waals surface area contributed by atoms with E-state index in [1.54, 1.807) is 0 Å². The molecule has 0 fully saturated rings. The number of unbranched alkanes of at least 4 members (excludes halogenated alkanes) is 1. The van der Waals surface area contributed by atoms with E-state index in [2.05, 4.69) is 14.7 Å². The number of carboxylic acid groups (broad SMARTS) is 1. The van der Waals surface area contributed by atoms with E-state index in [0.29, 0.717) is 18.7 Å². The molecule has 1 aromatic rings. The maximum absolute atomic E-state index is 12.0. The van der Waals surface area contributed by atoms with E-state index in [1.165, 1.54) is 6.20 Å². The lowest BCUT2D eigenvalue weighted by atomic mass is 10.1. The number of imidazole rings is 1. The maximum Gasteiger partial charge on any atom is 0.321 e. The second-order valence-electron chi connectivity index (χ2n) is 4.20. The standard InChI is InChI=1S/C11H19N3O4S/c1-3-5-6-8(11(15)16)14-19(17,18)10-7-12-9(4-2)13-10/h7-8,14H,3-6H2,1-2H3,(H,12,13)(H,15,16). The normalized spacial score (nSPS) is 13.4. The molecular weight excluding hydrogens is 270 g/mol. The van der Waals surface area contributed by atoms with Gasteiger partial charge in [-0.1, -0.05) is 26.7 Å². The van der Waals surface area contributed by atoms with Crippen LogP contribution in [0.5, 0.6) is 0 Å². The van der Waals surface area contributed by atoms with Crippen LogP contribution in [-0.4, -0.2) is 35.5 Å². The van der Waals surface area contributed by atoms with E-state index in [1.807, 2.05) is 13.8 Å². The molecule has 0 aromatic carbocycles. The van der Waals surface area contributed by atoms with Crippen molar-refractivity contribution in [3.8, 4) is 0 Å². The van der Waals surface area contributed by atoms with Gasteiger partial charge in [-0.05, 0) is 6.42 Å². The predicted octanol–water partition coefficient (Wildman–Crippen LogP) is 0.894. The van der Waals surface area contributed by atoms with Gasteiger partial charge in [-0.15, -0.1) is 0 Å². The molecule has 0 saturated heterocycles. The number of carboxylic acids is 1. The number of aliphatic carboxylic acids is 1. The first kappa shape index (κ1) is 15.6. The summed E-state index contributed by atoms with van der Waals surface area (Å²) >= 11 is 0. The molecule has 3 N–H and O–H groups in total. The summed E-state index contributed by atoms with van der Waals surface area (Å²) in [6, 6.07) is -1.11. The molecule has 1 atom stereocenters. The number of carbonyl (C=O) groups is 1. The van der Waals surface area contributed by atoms with E-state index >= 15 is 0 Å². The number of aromatic nitrogens is 2. The van der Waals surface area contributed by atoms with Gasteiger partial charge < -0.3 is 10.1 Å². The van der Waals surface area contributed by atoms with Crippen LogP contribution in [0.3, 0.4) is 0 Å². The highest BCUT2D eigenvalue weighted by molar-refractivity contribution is 7.89. The Kier molecular flexibility index (Phi) is 5.49. The van der Waals surface area contributed by atoms with Crippen LogP contribution >= 0.6 is 0 Å². The van der Waals surface area contributed by atoms with Crippen LogP contribution in [0.25, 0.3) is 0 Å². The summed E-state index contributed by atoms with van der Waals surface area (Å²) in [6.07, 6.45) is 3.48. The second kappa shape index (κ2) is 6.67. The number of sulfonamides is 1. The third-order valence-corrected chi connectivity index (χ3v) is 4.05. The maximum atomic E-state index is 12.0. The van der Waals surface area contributed by atoms with Crippen molar-refractivity contribution in [2.24, 2.45) is 0 Å². The monoisotopic (exact) mass is 289 g/mol. The van der Waals surface area contributed by atoms with Crippen molar-refractivity contribution in [2.45, 2.75) is 50.6 Å². The molecule has 1 heterocycles. The highest BCUT2D eigenvalue weighted by Crippen LogP contribution is 2.09. The summed E-state index contributed by atoms with van der Waals surface area (Å²) in [7, 11) is -3.87. The van der Waals surface area contributed by atoms with E-state index in [-0.39, 0.29) is 11.4 Å². The van der Waals surface area contributed by atoms with Crippen molar-refractivity contribution >= 4 is 16.0 Å². The third kappa shape index (κ3) is 4.32. The molecule has 1 rings (SSSR count). The largest absolute Gasteiger partial charge is 0.480 e. The van der Waals surface area contributed by atoms with Gasteiger partial charge in [0.2, 0.25) is 0 Å². The summed E-state index contributed by atoms with van der Waals surface area (Å²) in [6.45, 7) is 3.75. The lowest BCUT2D eigenvalue weighted by Crippen LogP contribution is -2.40. The molecular formula is C11H19N3O4S. The van der Waals surface area contributed by atoms with E-state index in [9.17, 15) is 13.2 Å². The molecule has 0 spiro atoms. The molecule has 0 bridgehead atoms. The number of H-pyrrole nitrogens is 1. The lowest BCUT2D eigenvalue weighted by Gasteiger charge is -2.13. The molecule has 1 unspecified atom stereocenters. The van der Waals surface area contributed by atoms with Crippen molar-refractivity contribution in [1.82, 2.24) is 14.7 Å². The first-order chi connectivity index (χ1) is 8.90. The van der Waals surface area contributed by atoms with Gasteiger partial charge in [0, 0.05) is 6.42 Å². The Labute approximate surface area is 112 Å². The molecule has 108 valence electrons. The molecule has 19 heavy (non-hydrogen) atoms. The Bertz CT molecular complexity index is 524. The fourth-order valence-electron chi connectivity index (χ4n) is 1.55. The van der Waals surface area contributed by atoms with Gasteiger partial charge in [0.25, 0.3) is 10.0 Å². The highest BCUT2D eigenvalue weighted by Gasteiger charge is 2.26. The van der Waals surface area contributed by atoms with Gasteiger partial charge in [0.05, 0.1) is 6.20 Å². The summed E-state index contributed by atoms with van der Waals surface area (Å²) in [5, 5.41) is 8.90. The molecule has 0 aliphatic carbocycles. The van der Waals surface area contributed by atoms with Gasteiger partial charge in [-0.3, -0.25) is 4.79 Å². The molecule has 0 amide bonds. The second-order valence-corrected chi connectivity index (χ2v) is 5.88. The minimum Gasteiger partial charge on any atom is -0.480 e.